The lowest BCUT2D eigenvalue weighted by Gasteiger charge is -2.12. The summed E-state index contributed by atoms with van der Waals surface area (Å²) in [4.78, 5) is 11.3. The fourth-order valence-electron chi connectivity index (χ4n) is 1.57. The minimum atomic E-state index is -4.65. The second-order valence-electron chi connectivity index (χ2n) is 3.47. The molecule has 0 aliphatic heterocycles. The van der Waals surface area contributed by atoms with Crippen molar-refractivity contribution in [1.82, 2.24) is 4.68 Å². The maximum atomic E-state index is 12.7. The highest BCUT2D eigenvalue weighted by Crippen LogP contribution is 2.34. The van der Waals surface area contributed by atoms with Crippen LogP contribution in [0, 0.1) is 0 Å². The molecule has 0 spiro atoms. The molecular formula is C10H7F3N2O2. The minimum absolute atomic E-state index is 0.176. The van der Waals surface area contributed by atoms with E-state index >= 15 is 0 Å². The van der Waals surface area contributed by atoms with Gasteiger partial charge in [0.15, 0.2) is 0 Å². The Bertz CT molecular complexity index is 646. The van der Waals surface area contributed by atoms with Crippen LogP contribution in [-0.2, 0) is 6.18 Å². The van der Waals surface area contributed by atoms with E-state index in [2.05, 4.69) is 0 Å². The number of aromatic hydroxyl groups is 1. The summed E-state index contributed by atoms with van der Waals surface area (Å²) in [6, 6.07) is 3.60. The first-order valence-electron chi connectivity index (χ1n) is 4.52. The van der Waals surface area contributed by atoms with Gasteiger partial charge in [-0.25, -0.2) is 4.68 Å². The molecular weight excluding hydrogens is 237 g/mol. The Kier molecular flexibility index (Phi) is 2.27. The van der Waals surface area contributed by atoms with Gasteiger partial charge in [-0.05, 0) is 12.1 Å². The molecule has 0 radical (unpaired) electrons. The Hall–Kier alpha value is -2.18. The van der Waals surface area contributed by atoms with Crippen molar-refractivity contribution in [1.29, 1.82) is 0 Å². The summed E-state index contributed by atoms with van der Waals surface area (Å²) >= 11 is 0. The zero-order valence-corrected chi connectivity index (χ0v) is 8.32. The predicted molar refractivity (Wildman–Crippen MR) is 55.0 cm³/mol. The molecule has 3 N–H and O–H groups in total. The number of aromatic nitrogens is 1. The molecule has 0 saturated heterocycles. The van der Waals surface area contributed by atoms with Gasteiger partial charge in [-0.2, -0.15) is 13.2 Å². The van der Waals surface area contributed by atoms with Gasteiger partial charge in [0.25, 0.3) is 5.56 Å². The van der Waals surface area contributed by atoms with Crippen LogP contribution in [-0.4, -0.2) is 9.78 Å². The van der Waals surface area contributed by atoms with E-state index < -0.39 is 17.3 Å². The number of rotatable bonds is 0. The first kappa shape index (κ1) is 11.3. The number of nitrogen functional groups attached to an aromatic ring is 1. The van der Waals surface area contributed by atoms with Crippen molar-refractivity contribution < 1.29 is 18.3 Å². The standard InChI is InChI=1S/C10H7F3N2O2/c11-10(12,13)7-4-9(17)15(14)8-3-5(16)1-2-6(7)8/h1-4,16H,14H2. The summed E-state index contributed by atoms with van der Waals surface area (Å²) in [6.07, 6.45) is -4.65. The number of benzene rings is 1. The van der Waals surface area contributed by atoms with Crippen LogP contribution in [0.15, 0.2) is 29.1 Å². The summed E-state index contributed by atoms with van der Waals surface area (Å²) in [6.45, 7) is 0. The molecule has 4 nitrogen and oxygen atoms in total. The van der Waals surface area contributed by atoms with Gasteiger partial charge in [-0.15, -0.1) is 0 Å². The molecule has 0 fully saturated rings. The van der Waals surface area contributed by atoms with Crippen molar-refractivity contribution in [3.8, 4) is 5.75 Å². The van der Waals surface area contributed by atoms with Gasteiger partial charge < -0.3 is 10.9 Å². The molecule has 1 aromatic heterocycles. The SMILES string of the molecule is Nn1c(=O)cc(C(F)(F)F)c2ccc(O)cc21. The number of phenols is 1. The number of phenolic OH excluding ortho intramolecular Hbond substituents is 1. The van der Waals surface area contributed by atoms with E-state index in [9.17, 15) is 23.1 Å². The molecule has 0 atom stereocenters. The van der Waals surface area contributed by atoms with Crippen LogP contribution < -0.4 is 11.4 Å². The number of pyridine rings is 1. The fraction of sp³-hybridized carbons (Fsp3) is 0.100. The Balaban J connectivity index is 2.97. The predicted octanol–water partition coefficient (Wildman–Crippen LogP) is 1.44. The lowest BCUT2D eigenvalue weighted by molar-refractivity contribution is -0.136. The van der Waals surface area contributed by atoms with Gasteiger partial charge in [-0.1, -0.05) is 0 Å². The summed E-state index contributed by atoms with van der Waals surface area (Å²) in [5, 5.41) is 8.95. The third kappa shape index (κ3) is 1.79. The first-order valence-corrected chi connectivity index (χ1v) is 4.52. The molecule has 0 saturated carbocycles. The lowest BCUT2D eigenvalue weighted by Crippen LogP contribution is -2.28. The molecule has 0 aliphatic carbocycles. The van der Waals surface area contributed by atoms with E-state index in [0.29, 0.717) is 10.7 Å². The van der Waals surface area contributed by atoms with Crippen molar-refractivity contribution in [3.63, 3.8) is 0 Å². The molecule has 0 amide bonds. The van der Waals surface area contributed by atoms with E-state index in [4.69, 9.17) is 5.84 Å². The van der Waals surface area contributed by atoms with Gasteiger partial charge in [0.1, 0.15) is 5.75 Å². The van der Waals surface area contributed by atoms with Crippen LogP contribution >= 0.6 is 0 Å². The lowest BCUT2D eigenvalue weighted by atomic mass is 10.1. The van der Waals surface area contributed by atoms with Gasteiger partial charge >= 0.3 is 6.18 Å². The zero-order chi connectivity index (χ0) is 12.8. The summed E-state index contributed by atoms with van der Waals surface area (Å²) < 4.78 is 38.6. The minimum Gasteiger partial charge on any atom is -0.508 e. The quantitative estimate of drug-likeness (QED) is 0.689. The third-order valence-electron chi connectivity index (χ3n) is 2.34. The van der Waals surface area contributed by atoms with Crippen LogP contribution in [0.4, 0.5) is 13.2 Å². The van der Waals surface area contributed by atoms with E-state index in [1.807, 2.05) is 0 Å². The Labute approximate surface area is 92.7 Å². The number of fused-ring (bicyclic) bond motifs is 1. The summed E-state index contributed by atoms with van der Waals surface area (Å²) in [5.41, 5.74) is -2.24. The van der Waals surface area contributed by atoms with Gasteiger partial charge in [0.2, 0.25) is 0 Å². The van der Waals surface area contributed by atoms with Gasteiger partial charge in [0, 0.05) is 17.5 Å². The molecule has 2 rings (SSSR count). The Morgan fingerprint density at radius 2 is 1.88 bits per heavy atom. The van der Waals surface area contributed by atoms with E-state index in [-0.39, 0.29) is 16.7 Å². The van der Waals surface area contributed by atoms with Crippen molar-refractivity contribution >= 4 is 10.9 Å². The number of nitrogens with zero attached hydrogens (tertiary/aromatic N) is 1. The topological polar surface area (TPSA) is 68.2 Å². The average Bonchev–Trinajstić information content (AvgIpc) is 2.22. The maximum Gasteiger partial charge on any atom is 0.417 e. The molecule has 17 heavy (non-hydrogen) atoms. The Morgan fingerprint density at radius 1 is 1.24 bits per heavy atom. The van der Waals surface area contributed by atoms with Crippen LogP contribution in [0.1, 0.15) is 5.56 Å². The van der Waals surface area contributed by atoms with Crippen LogP contribution in [0.25, 0.3) is 10.9 Å². The van der Waals surface area contributed by atoms with E-state index in [1.165, 1.54) is 0 Å². The zero-order valence-electron chi connectivity index (χ0n) is 8.32. The highest BCUT2D eigenvalue weighted by atomic mass is 19.4. The molecule has 1 heterocycles. The molecule has 2 aromatic rings. The normalized spacial score (nSPS) is 11.9. The first-order chi connectivity index (χ1) is 7.80. The molecule has 1 aromatic carbocycles. The van der Waals surface area contributed by atoms with Crippen LogP contribution in [0.3, 0.4) is 0 Å². The second-order valence-corrected chi connectivity index (χ2v) is 3.47. The van der Waals surface area contributed by atoms with Crippen molar-refractivity contribution in [2.75, 3.05) is 5.84 Å². The van der Waals surface area contributed by atoms with Gasteiger partial charge in [0.05, 0.1) is 11.1 Å². The second kappa shape index (κ2) is 3.41. The van der Waals surface area contributed by atoms with E-state index in [1.54, 1.807) is 0 Å². The molecule has 0 bridgehead atoms. The third-order valence-corrected chi connectivity index (χ3v) is 2.34. The largest absolute Gasteiger partial charge is 0.508 e. The molecule has 90 valence electrons. The Morgan fingerprint density at radius 3 is 2.47 bits per heavy atom. The fourth-order valence-corrected chi connectivity index (χ4v) is 1.57. The number of alkyl halides is 3. The van der Waals surface area contributed by atoms with Crippen LogP contribution in [0.2, 0.25) is 0 Å². The van der Waals surface area contributed by atoms with Crippen molar-refractivity contribution in [3.05, 3.63) is 40.2 Å². The highest BCUT2D eigenvalue weighted by Gasteiger charge is 2.33. The molecule has 7 heteroatoms. The van der Waals surface area contributed by atoms with Crippen LogP contribution in [0.5, 0.6) is 5.75 Å². The highest BCUT2D eigenvalue weighted by molar-refractivity contribution is 5.84. The smallest absolute Gasteiger partial charge is 0.417 e. The monoisotopic (exact) mass is 244 g/mol. The summed E-state index contributed by atoms with van der Waals surface area (Å²) in [7, 11) is 0. The summed E-state index contributed by atoms with van der Waals surface area (Å²) in [5.74, 6) is 5.06. The number of halogens is 3. The van der Waals surface area contributed by atoms with Gasteiger partial charge in [-0.3, -0.25) is 4.79 Å². The number of hydrogen-bond acceptors (Lipinski definition) is 3. The maximum absolute atomic E-state index is 12.7. The molecule has 0 aliphatic rings. The average molecular weight is 244 g/mol. The molecule has 0 unspecified atom stereocenters. The number of nitrogens with two attached hydrogens (primary N) is 1. The van der Waals surface area contributed by atoms with Crippen molar-refractivity contribution in [2.24, 2.45) is 0 Å². The van der Waals surface area contributed by atoms with Crippen molar-refractivity contribution in [2.45, 2.75) is 6.18 Å². The number of hydrogen-bond donors (Lipinski definition) is 2. The van der Waals surface area contributed by atoms with E-state index in [0.717, 1.165) is 18.2 Å².